The third-order valence-electron chi connectivity index (χ3n) is 4.39. The number of hydrogen-bond acceptors (Lipinski definition) is 4. The zero-order chi connectivity index (χ0) is 19.0. The topological polar surface area (TPSA) is 73.4 Å². The number of fused-ring (bicyclic) bond motifs is 1. The van der Waals surface area contributed by atoms with Crippen molar-refractivity contribution in [3.8, 4) is 0 Å². The molecule has 4 rings (SSSR count). The molecule has 0 aliphatic carbocycles. The normalized spacial score (nSPS) is 11.7. The molecule has 0 aliphatic rings. The molecule has 136 valence electrons. The van der Waals surface area contributed by atoms with Crippen LogP contribution in [0.15, 0.2) is 87.5 Å². The lowest BCUT2D eigenvalue weighted by molar-refractivity contribution is 0.596. The fraction of sp³-hybridized carbons (Fsp3) is 0.100. The molecule has 0 radical (unpaired) electrons. The third-order valence-corrected chi connectivity index (χ3v) is 6.17. The van der Waals surface area contributed by atoms with Gasteiger partial charge in [-0.3, -0.25) is 4.40 Å². The molecule has 0 saturated heterocycles. The smallest absolute Gasteiger partial charge is 0.250 e. The van der Waals surface area contributed by atoms with Crippen molar-refractivity contribution in [2.24, 2.45) is 0 Å². The molecule has 0 atom stereocenters. The van der Waals surface area contributed by atoms with Crippen LogP contribution in [-0.4, -0.2) is 22.6 Å². The van der Waals surface area contributed by atoms with Gasteiger partial charge >= 0.3 is 5.69 Å². The molecule has 0 N–H and O–H groups in total. The first kappa shape index (κ1) is 17.2. The Kier molecular flexibility index (Phi) is 4.16. The molecule has 0 amide bonds. The Balaban J connectivity index is 1.63. The Morgan fingerprint density at radius 1 is 0.889 bits per heavy atom. The van der Waals surface area contributed by atoms with Crippen molar-refractivity contribution in [2.75, 3.05) is 0 Å². The lowest BCUT2D eigenvalue weighted by Crippen LogP contribution is -2.21. The molecule has 0 fully saturated rings. The summed E-state index contributed by atoms with van der Waals surface area (Å²) in [7, 11) is -3.56. The van der Waals surface area contributed by atoms with Crippen molar-refractivity contribution < 1.29 is 8.42 Å². The van der Waals surface area contributed by atoms with E-state index in [4.69, 9.17) is 0 Å². The number of hydrogen-bond donors (Lipinski definition) is 0. The summed E-state index contributed by atoms with van der Waals surface area (Å²) >= 11 is 0. The average Bonchev–Trinajstić information content (AvgIpc) is 2.98. The summed E-state index contributed by atoms with van der Waals surface area (Å²) in [6.07, 6.45) is 1.67. The SMILES string of the molecule is Cc1ccc(S(=O)(=O)c2ccc(Cn3nc4ccccn4c3=O)cc2)cc1. The van der Waals surface area contributed by atoms with Crippen molar-refractivity contribution in [1.29, 1.82) is 0 Å². The highest BCUT2D eigenvalue weighted by molar-refractivity contribution is 7.91. The van der Waals surface area contributed by atoms with Crippen LogP contribution in [0.3, 0.4) is 0 Å². The molecule has 2 aromatic heterocycles. The van der Waals surface area contributed by atoms with E-state index in [9.17, 15) is 13.2 Å². The van der Waals surface area contributed by atoms with Gasteiger partial charge in [0.2, 0.25) is 9.84 Å². The predicted molar refractivity (Wildman–Crippen MR) is 102 cm³/mol. The highest BCUT2D eigenvalue weighted by Crippen LogP contribution is 2.21. The molecule has 0 saturated carbocycles. The summed E-state index contributed by atoms with van der Waals surface area (Å²) in [6, 6.07) is 18.6. The van der Waals surface area contributed by atoms with E-state index in [0.29, 0.717) is 5.65 Å². The van der Waals surface area contributed by atoms with Gasteiger partial charge in [0.05, 0.1) is 16.3 Å². The molecular weight excluding hydrogens is 362 g/mol. The van der Waals surface area contributed by atoms with Crippen LogP contribution < -0.4 is 5.69 Å². The molecule has 0 bridgehead atoms. The van der Waals surface area contributed by atoms with E-state index in [1.165, 1.54) is 9.08 Å². The van der Waals surface area contributed by atoms with Gasteiger partial charge in [-0.1, -0.05) is 35.9 Å². The van der Waals surface area contributed by atoms with Gasteiger partial charge in [0.25, 0.3) is 0 Å². The summed E-state index contributed by atoms with van der Waals surface area (Å²) in [6.45, 7) is 2.18. The number of pyridine rings is 1. The number of nitrogens with zero attached hydrogens (tertiary/aromatic N) is 3. The van der Waals surface area contributed by atoms with Crippen LogP contribution in [0, 0.1) is 6.92 Å². The van der Waals surface area contributed by atoms with Crippen molar-refractivity contribution in [2.45, 2.75) is 23.3 Å². The Labute approximate surface area is 156 Å². The standard InChI is InChI=1S/C20H17N3O3S/c1-15-5-9-17(10-6-15)27(25,26)18-11-7-16(8-12-18)14-23-20(24)22-13-3-2-4-19(22)21-23/h2-13H,14H2,1H3. The Morgan fingerprint density at radius 3 is 2.15 bits per heavy atom. The van der Waals surface area contributed by atoms with Crippen LogP contribution in [0.5, 0.6) is 0 Å². The minimum Gasteiger partial charge on any atom is -0.250 e. The van der Waals surface area contributed by atoms with Crippen molar-refractivity contribution in [3.63, 3.8) is 0 Å². The van der Waals surface area contributed by atoms with Gasteiger partial charge in [0, 0.05) is 6.20 Å². The van der Waals surface area contributed by atoms with Crippen LogP contribution in [0.4, 0.5) is 0 Å². The van der Waals surface area contributed by atoms with E-state index in [2.05, 4.69) is 5.10 Å². The van der Waals surface area contributed by atoms with Gasteiger partial charge in [0.1, 0.15) is 0 Å². The molecule has 2 aromatic carbocycles. The zero-order valence-electron chi connectivity index (χ0n) is 14.6. The number of benzene rings is 2. The molecule has 0 aliphatic heterocycles. The van der Waals surface area contributed by atoms with Crippen LogP contribution >= 0.6 is 0 Å². The first-order valence-corrected chi connectivity index (χ1v) is 9.88. The first-order chi connectivity index (χ1) is 12.9. The largest absolute Gasteiger partial charge is 0.350 e. The van der Waals surface area contributed by atoms with Crippen LogP contribution in [0.1, 0.15) is 11.1 Å². The third kappa shape index (κ3) is 3.17. The quantitative estimate of drug-likeness (QED) is 0.546. The second-order valence-electron chi connectivity index (χ2n) is 6.33. The maximum atomic E-state index is 12.7. The van der Waals surface area contributed by atoms with Crippen molar-refractivity contribution >= 4 is 15.5 Å². The van der Waals surface area contributed by atoms with E-state index < -0.39 is 9.84 Å². The monoisotopic (exact) mass is 379 g/mol. The van der Waals surface area contributed by atoms with Crippen LogP contribution in [0.2, 0.25) is 0 Å². The molecule has 27 heavy (non-hydrogen) atoms. The van der Waals surface area contributed by atoms with Crippen molar-refractivity contribution in [3.05, 3.63) is 94.5 Å². The maximum Gasteiger partial charge on any atom is 0.350 e. The van der Waals surface area contributed by atoms with Gasteiger partial charge in [-0.15, -0.1) is 5.10 Å². The van der Waals surface area contributed by atoms with Gasteiger partial charge < -0.3 is 0 Å². The van der Waals surface area contributed by atoms with Gasteiger partial charge in [-0.2, -0.15) is 0 Å². The predicted octanol–water partition coefficient (Wildman–Crippen LogP) is 2.69. The van der Waals surface area contributed by atoms with Crippen LogP contribution in [-0.2, 0) is 16.4 Å². The highest BCUT2D eigenvalue weighted by Gasteiger charge is 2.17. The Hall–Kier alpha value is -3.19. The first-order valence-electron chi connectivity index (χ1n) is 8.40. The van der Waals surface area contributed by atoms with E-state index in [0.717, 1.165) is 11.1 Å². The summed E-state index contributed by atoms with van der Waals surface area (Å²) in [5.41, 5.74) is 2.13. The second-order valence-corrected chi connectivity index (χ2v) is 8.28. The maximum absolute atomic E-state index is 12.7. The minimum atomic E-state index is -3.56. The fourth-order valence-electron chi connectivity index (χ4n) is 2.87. The number of aryl methyl sites for hydroxylation is 1. The average molecular weight is 379 g/mol. The lowest BCUT2D eigenvalue weighted by Gasteiger charge is -2.06. The molecule has 7 heteroatoms. The summed E-state index contributed by atoms with van der Waals surface area (Å²) in [4.78, 5) is 12.8. The van der Waals surface area contributed by atoms with Gasteiger partial charge in [-0.05, 0) is 48.9 Å². The lowest BCUT2D eigenvalue weighted by atomic mass is 10.2. The highest BCUT2D eigenvalue weighted by atomic mass is 32.2. The number of rotatable bonds is 4. The van der Waals surface area contributed by atoms with Gasteiger partial charge in [-0.25, -0.2) is 17.9 Å². The summed E-state index contributed by atoms with van der Waals surface area (Å²) in [5, 5.41) is 4.28. The van der Waals surface area contributed by atoms with Crippen LogP contribution in [0.25, 0.3) is 5.65 Å². The molecule has 2 heterocycles. The van der Waals surface area contributed by atoms with Gasteiger partial charge in [0.15, 0.2) is 5.65 Å². The van der Waals surface area contributed by atoms with E-state index in [1.807, 2.05) is 13.0 Å². The molecule has 6 nitrogen and oxygen atoms in total. The fourth-order valence-corrected chi connectivity index (χ4v) is 4.13. The molecule has 0 unspecified atom stereocenters. The molecular formula is C20H17N3O3S. The van der Waals surface area contributed by atoms with E-state index in [-0.39, 0.29) is 22.0 Å². The Bertz CT molecular complexity index is 1270. The zero-order valence-corrected chi connectivity index (χ0v) is 15.4. The number of sulfone groups is 1. The van der Waals surface area contributed by atoms with E-state index >= 15 is 0 Å². The molecule has 0 spiro atoms. The summed E-state index contributed by atoms with van der Waals surface area (Å²) in [5.74, 6) is 0. The second kappa shape index (κ2) is 6.51. The molecule has 4 aromatic rings. The minimum absolute atomic E-state index is 0.220. The summed E-state index contributed by atoms with van der Waals surface area (Å²) < 4.78 is 28.3. The van der Waals surface area contributed by atoms with Crippen molar-refractivity contribution in [1.82, 2.24) is 14.2 Å². The Morgan fingerprint density at radius 2 is 1.52 bits per heavy atom. The van der Waals surface area contributed by atoms with E-state index in [1.54, 1.807) is 66.9 Å². The number of aromatic nitrogens is 3.